The maximum absolute atomic E-state index is 4.95. The molecule has 0 saturated carbocycles. The number of hydrogen-bond acceptors (Lipinski definition) is 3. The first-order valence-corrected chi connectivity index (χ1v) is 14.4. The Kier molecular flexibility index (Phi) is 6.70. The van der Waals surface area contributed by atoms with Crippen LogP contribution in [0.15, 0.2) is 146 Å². The standard InChI is InChI=1S/C37H24N3Se/c41-34-32(31-18-9-17-29(24-31)30-22-21-25-11-7-8-16-28(25)23-30)19-10-20-33(34)37-39-35(26-12-3-1-4-13-26)38-36(40-37)27-14-5-2-6-15-27/h1-24H. The first-order valence-electron chi connectivity index (χ1n) is 13.5. The Balaban J connectivity index is 1.34. The van der Waals surface area contributed by atoms with Crippen molar-refractivity contribution in [3.8, 4) is 56.4 Å². The van der Waals surface area contributed by atoms with Gasteiger partial charge < -0.3 is 0 Å². The molecule has 193 valence electrons. The second-order valence-electron chi connectivity index (χ2n) is 9.86. The van der Waals surface area contributed by atoms with Gasteiger partial charge in [0.2, 0.25) is 0 Å². The summed E-state index contributed by atoms with van der Waals surface area (Å²) in [6.07, 6.45) is 0. The molecule has 1 heterocycles. The fourth-order valence-electron chi connectivity index (χ4n) is 5.10. The molecule has 0 aliphatic heterocycles. The average Bonchev–Trinajstić information content (AvgIpc) is 3.05. The molecule has 4 heteroatoms. The van der Waals surface area contributed by atoms with Gasteiger partial charge in [0.1, 0.15) is 0 Å². The topological polar surface area (TPSA) is 38.7 Å². The summed E-state index contributed by atoms with van der Waals surface area (Å²) in [6, 6.07) is 50.2. The molecule has 0 aliphatic carbocycles. The van der Waals surface area contributed by atoms with Gasteiger partial charge >= 0.3 is 248 Å². The van der Waals surface area contributed by atoms with Crippen molar-refractivity contribution in [3.05, 3.63) is 146 Å². The third-order valence-electron chi connectivity index (χ3n) is 7.21. The number of fused-ring (bicyclic) bond motifs is 1. The molecule has 0 unspecified atom stereocenters. The van der Waals surface area contributed by atoms with E-state index in [1.165, 1.54) is 21.9 Å². The first-order chi connectivity index (χ1) is 20.2. The maximum atomic E-state index is 4.95. The molecule has 0 fully saturated rings. The number of benzene rings is 6. The van der Waals surface area contributed by atoms with E-state index in [9.17, 15) is 0 Å². The van der Waals surface area contributed by atoms with Crippen LogP contribution in [0.3, 0.4) is 0 Å². The van der Waals surface area contributed by atoms with E-state index in [1.54, 1.807) is 0 Å². The van der Waals surface area contributed by atoms with Gasteiger partial charge in [0.05, 0.1) is 0 Å². The molecule has 3 nitrogen and oxygen atoms in total. The molecule has 6 aromatic carbocycles. The summed E-state index contributed by atoms with van der Waals surface area (Å²) in [6.45, 7) is 0. The zero-order valence-electron chi connectivity index (χ0n) is 22.1. The molecule has 0 aliphatic rings. The van der Waals surface area contributed by atoms with Gasteiger partial charge in [0.15, 0.2) is 0 Å². The summed E-state index contributed by atoms with van der Waals surface area (Å²) < 4.78 is 1.01. The van der Waals surface area contributed by atoms with Crippen molar-refractivity contribution in [2.24, 2.45) is 0 Å². The number of rotatable bonds is 5. The van der Waals surface area contributed by atoms with E-state index in [2.05, 4.69) is 101 Å². The van der Waals surface area contributed by atoms with E-state index >= 15 is 0 Å². The fraction of sp³-hybridized carbons (Fsp3) is 0. The van der Waals surface area contributed by atoms with Crippen molar-refractivity contribution in [2.75, 3.05) is 0 Å². The number of nitrogens with zero attached hydrogens (tertiary/aromatic N) is 3. The van der Waals surface area contributed by atoms with Crippen molar-refractivity contribution in [3.63, 3.8) is 0 Å². The molecule has 0 amide bonds. The molecule has 1 radical (unpaired) electrons. The van der Waals surface area contributed by atoms with Crippen LogP contribution in [0.2, 0.25) is 0 Å². The Morgan fingerprint density at radius 3 is 1.56 bits per heavy atom. The molecule has 0 saturated heterocycles. The van der Waals surface area contributed by atoms with Gasteiger partial charge in [-0.3, -0.25) is 0 Å². The number of hydrogen-bond donors (Lipinski definition) is 0. The van der Waals surface area contributed by atoms with Crippen LogP contribution >= 0.6 is 0 Å². The molecule has 7 rings (SSSR count). The molecule has 0 spiro atoms. The van der Waals surface area contributed by atoms with E-state index in [0.29, 0.717) is 17.5 Å². The van der Waals surface area contributed by atoms with E-state index in [-0.39, 0.29) is 0 Å². The molecular weight excluding hydrogens is 565 g/mol. The Labute approximate surface area is 247 Å². The Hall–Kier alpha value is -4.89. The second kappa shape index (κ2) is 10.9. The predicted octanol–water partition coefficient (Wildman–Crippen LogP) is 8.15. The summed E-state index contributed by atoms with van der Waals surface area (Å²) in [7, 11) is 0. The van der Waals surface area contributed by atoms with Crippen LogP contribution in [0.4, 0.5) is 0 Å². The molecule has 0 bridgehead atoms. The van der Waals surface area contributed by atoms with Crippen LogP contribution in [-0.4, -0.2) is 31.0 Å². The van der Waals surface area contributed by atoms with Crippen LogP contribution in [0.5, 0.6) is 0 Å². The van der Waals surface area contributed by atoms with E-state index in [0.717, 1.165) is 32.3 Å². The van der Waals surface area contributed by atoms with Crippen LogP contribution in [0.1, 0.15) is 0 Å². The minimum absolute atomic E-state index is 0.638. The van der Waals surface area contributed by atoms with Crippen molar-refractivity contribution >= 4 is 31.2 Å². The van der Waals surface area contributed by atoms with Gasteiger partial charge in [-0.25, -0.2) is 0 Å². The molecule has 0 atom stereocenters. The third-order valence-corrected chi connectivity index (χ3v) is 8.13. The molecule has 7 aromatic rings. The Bertz CT molecular complexity index is 1950. The molecule has 41 heavy (non-hydrogen) atoms. The Morgan fingerprint density at radius 1 is 0.341 bits per heavy atom. The van der Waals surface area contributed by atoms with E-state index < -0.39 is 0 Å². The van der Waals surface area contributed by atoms with Gasteiger partial charge in [0.25, 0.3) is 0 Å². The average molecular weight is 590 g/mol. The summed E-state index contributed by atoms with van der Waals surface area (Å²) in [5, 5.41) is 2.48. The predicted molar refractivity (Wildman–Crippen MR) is 170 cm³/mol. The SMILES string of the molecule is [Se]c1c(-c2cccc(-c3ccc4ccccc4c3)c2)cccc1-c1nc(-c2ccccc2)nc(-c2ccccc2)n1. The van der Waals surface area contributed by atoms with Crippen molar-refractivity contribution in [1.82, 2.24) is 15.0 Å². The van der Waals surface area contributed by atoms with Crippen molar-refractivity contribution in [1.29, 1.82) is 0 Å². The van der Waals surface area contributed by atoms with Gasteiger partial charge in [-0.15, -0.1) is 0 Å². The van der Waals surface area contributed by atoms with Gasteiger partial charge in [-0.2, -0.15) is 0 Å². The molecular formula is C37H24N3Se. The Morgan fingerprint density at radius 2 is 0.854 bits per heavy atom. The quantitative estimate of drug-likeness (QED) is 0.190. The van der Waals surface area contributed by atoms with Crippen LogP contribution in [0, 0.1) is 0 Å². The second-order valence-corrected chi connectivity index (χ2v) is 10.7. The summed E-state index contributed by atoms with van der Waals surface area (Å²) in [5.41, 5.74) is 7.45. The van der Waals surface area contributed by atoms with E-state index in [4.69, 9.17) is 15.0 Å². The van der Waals surface area contributed by atoms with Crippen molar-refractivity contribution < 1.29 is 0 Å². The zero-order chi connectivity index (χ0) is 27.6. The van der Waals surface area contributed by atoms with Crippen LogP contribution in [0.25, 0.3) is 67.2 Å². The van der Waals surface area contributed by atoms with Crippen LogP contribution < -0.4 is 4.46 Å². The minimum atomic E-state index is 0.638. The summed E-state index contributed by atoms with van der Waals surface area (Å²) in [5.74, 6) is 1.94. The van der Waals surface area contributed by atoms with Gasteiger partial charge in [-0.1, -0.05) is 0 Å². The third kappa shape index (κ3) is 5.07. The van der Waals surface area contributed by atoms with Gasteiger partial charge in [0, 0.05) is 0 Å². The number of aromatic nitrogens is 3. The molecule has 1 aromatic heterocycles. The van der Waals surface area contributed by atoms with Crippen molar-refractivity contribution in [2.45, 2.75) is 0 Å². The fourth-order valence-corrected chi connectivity index (χ4v) is 5.83. The summed E-state index contributed by atoms with van der Waals surface area (Å²) >= 11 is 3.34. The monoisotopic (exact) mass is 590 g/mol. The molecule has 0 N–H and O–H groups in total. The summed E-state index contributed by atoms with van der Waals surface area (Å²) in [4.78, 5) is 14.7. The normalized spacial score (nSPS) is 11.0. The first kappa shape index (κ1) is 25.1. The van der Waals surface area contributed by atoms with Crippen LogP contribution in [-0.2, 0) is 0 Å². The van der Waals surface area contributed by atoms with Gasteiger partial charge in [-0.05, 0) is 0 Å². The van der Waals surface area contributed by atoms with E-state index in [1.807, 2.05) is 60.7 Å². The zero-order valence-corrected chi connectivity index (χ0v) is 23.8.